The van der Waals surface area contributed by atoms with Gasteiger partial charge in [0.1, 0.15) is 11.6 Å². The van der Waals surface area contributed by atoms with Crippen molar-refractivity contribution in [1.82, 2.24) is 0 Å². The number of benzene rings is 2. The van der Waals surface area contributed by atoms with Gasteiger partial charge < -0.3 is 0 Å². The van der Waals surface area contributed by atoms with Crippen molar-refractivity contribution in [3.05, 3.63) is 59.2 Å². The lowest BCUT2D eigenvalue weighted by atomic mass is 10.0. The van der Waals surface area contributed by atoms with Gasteiger partial charge in [-0.05, 0) is 47.5 Å². The largest absolute Gasteiger partial charge is 0.294 e. The van der Waals surface area contributed by atoms with Gasteiger partial charge in [-0.3, -0.25) is 9.11 Å². The minimum absolute atomic E-state index is 0.289. The molecule has 0 saturated carbocycles. The van der Waals surface area contributed by atoms with E-state index in [2.05, 4.69) is 0 Å². The Kier molecular flexibility index (Phi) is 4.53. The summed E-state index contributed by atoms with van der Waals surface area (Å²) in [5.74, 6) is -1.67. The van der Waals surface area contributed by atoms with Gasteiger partial charge in [0, 0.05) is 6.42 Å². The van der Waals surface area contributed by atoms with Crippen LogP contribution in [0.4, 0.5) is 8.78 Å². The van der Waals surface area contributed by atoms with Crippen molar-refractivity contribution in [2.45, 2.75) is 16.2 Å². The van der Waals surface area contributed by atoms with E-state index in [0.29, 0.717) is 0 Å². The van der Waals surface area contributed by atoms with Gasteiger partial charge >= 0.3 is 0 Å². The van der Waals surface area contributed by atoms with Crippen LogP contribution >= 0.6 is 0 Å². The summed E-state index contributed by atoms with van der Waals surface area (Å²) in [7, 11) is -9.40. The Morgan fingerprint density at radius 3 is 1.39 bits per heavy atom. The molecule has 0 aliphatic rings. The van der Waals surface area contributed by atoms with Crippen LogP contribution in [-0.4, -0.2) is 25.9 Å². The molecule has 0 amide bonds. The Bertz CT molecular complexity index is 888. The first-order chi connectivity index (χ1) is 10.5. The van der Waals surface area contributed by atoms with Crippen LogP contribution in [0.15, 0.2) is 46.2 Å². The van der Waals surface area contributed by atoms with Crippen LogP contribution in [-0.2, 0) is 26.7 Å². The van der Waals surface area contributed by atoms with Gasteiger partial charge in [-0.1, -0.05) is 0 Å². The van der Waals surface area contributed by atoms with Crippen LogP contribution in [0, 0.1) is 11.6 Å². The SMILES string of the molecule is O=S(=O)(O)c1ccc(F)cc1Cc1cc(F)ccc1S(=O)(=O)O. The molecule has 2 aromatic rings. The second-order valence-electron chi connectivity index (χ2n) is 4.63. The third-order valence-corrected chi connectivity index (χ3v) is 4.89. The Morgan fingerprint density at radius 2 is 1.09 bits per heavy atom. The maximum absolute atomic E-state index is 13.3. The Labute approximate surface area is 130 Å². The minimum Gasteiger partial charge on any atom is -0.282 e. The van der Waals surface area contributed by atoms with Crippen LogP contribution in [0.2, 0.25) is 0 Å². The van der Waals surface area contributed by atoms with Crippen LogP contribution in [0.25, 0.3) is 0 Å². The molecular formula is C13H10F2O6S2. The Hall–Kier alpha value is -1.88. The smallest absolute Gasteiger partial charge is 0.282 e. The summed E-state index contributed by atoms with van der Waals surface area (Å²) in [4.78, 5) is -1.30. The van der Waals surface area contributed by atoms with Crippen molar-refractivity contribution in [1.29, 1.82) is 0 Å². The van der Waals surface area contributed by atoms with Gasteiger partial charge in [0.25, 0.3) is 20.2 Å². The molecule has 0 unspecified atom stereocenters. The highest BCUT2D eigenvalue weighted by Crippen LogP contribution is 2.25. The monoisotopic (exact) mass is 364 g/mol. The molecule has 2 N–H and O–H groups in total. The standard InChI is InChI=1S/C13H10F2O6S2/c14-10-1-3-12(22(16,17)18)8(6-10)5-9-7-11(15)2-4-13(9)23(19,20)21/h1-4,6-7H,5H2,(H,16,17,18)(H,19,20,21). The van der Waals surface area contributed by atoms with Crippen molar-refractivity contribution < 1.29 is 34.7 Å². The molecule has 0 aliphatic heterocycles. The molecule has 0 atom stereocenters. The molecule has 124 valence electrons. The average molecular weight is 364 g/mol. The van der Waals surface area contributed by atoms with Crippen molar-refractivity contribution >= 4 is 20.2 Å². The topological polar surface area (TPSA) is 109 Å². The molecule has 0 spiro atoms. The predicted octanol–water partition coefficient (Wildman–Crippen LogP) is 2.05. The zero-order valence-electron chi connectivity index (χ0n) is 11.3. The van der Waals surface area contributed by atoms with Crippen LogP contribution in [0.1, 0.15) is 11.1 Å². The lowest BCUT2D eigenvalue weighted by molar-refractivity contribution is 0.481. The summed E-state index contributed by atoms with van der Waals surface area (Å²) in [6, 6.07) is 4.71. The molecule has 0 bridgehead atoms. The Morgan fingerprint density at radius 1 is 0.739 bits per heavy atom. The summed E-state index contributed by atoms with van der Waals surface area (Å²) in [6.07, 6.45) is -0.542. The highest BCUT2D eigenvalue weighted by Gasteiger charge is 2.21. The molecule has 2 rings (SSSR count). The molecule has 0 radical (unpaired) electrons. The van der Waals surface area contributed by atoms with Gasteiger partial charge in [0.15, 0.2) is 0 Å². The van der Waals surface area contributed by atoms with E-state index in [4.69, 9.17) is 9.11 Å². The average Bonchev–Trinajstić information content (AvgIpc) is 2.35. The molecule has 23 heavy (non-hydrogen) atoms. The van der Waals surface area contributed by atoms with E-state index < -0.39 is 48.1 Å². The van der Waals surface area contributed by atoms with Gasteiger partial charge in [-0.25, -0.2) is 8.78 Å². The lowest BCUT2D eigenvalue weighted by Crippen LogP contribution is -2.08. The summed E-state index contributed by atoms with van der Waals surface area (Å²) in [5.41, 5.74) is -0.578. The molecule has 0 saturated heterocycles. The molecule has 0 fully saturated rings. The zero-order valence-corrected chi connectivity index (χ0v) is 12.9. The number of hydrogen-bond acceptors (Lipinski definition) is 4. The third kappa shape index (κ3) is 4.10. The summed E-state index contributed by atoms with van der Waals surface area (Å²) in [6.45, 7) is 0. The highest BCUT2D eigenvalue weighted by atomic mass is 32.2. The summed E-state index contributed by atoms with van der Waals surface area (Å²) >= 11 is 0. The maximum Gasteiger partial charge on any atom is 0.294 e. The van der Waals surface area contributed by atoms with Crippen molar-refractivity contribution in [3.8, 4) is 0 Å². The Balaban J connectivity index is 2.65. The lowest BCUT2D eigenvalue weighted by Gasteiger charge is -2.10. The van der Waals surface area contributed by atoms with Gasteiger partial charge in [0.2, 0.25) is 0 Å². The molecule has 0 aliphatic carbocycles. The van der Waals surface area contributed by atoms with Crippen molar-refractivity contribution in [2.24, 2.45) is 0 Å². The fourth-order valence-corrected chi connectivity index (χ4v) is 3.49. The molecule has 0 heterocycles. The van der Waals surface area contributed by atoms with Crippen molar-refractivity contribution in [2.75, 3.05) is 0 Å². The molecule has 0 aromatic heterocycles. The van der Waals surface area contributed by atoms with E-state index in [1.165, 1.54) is 0 Å². The van der Waals surface area contributed by atoms with Gasteiger partial charge in [-0.2, -0.15) is 16.8 Å². The summed E-state index contributed by atoms with van der Waals surface area (Å²) in [5, 5.41) is 0. The molecular weight excluding hydrogens is 354 g/mol. The first-order valence-corrected chi connectivity index (χ1v) is 8.88. The van der Waals surface area contributed by atoms with Gasteiger partial charge in [0.05, 0.1) is 9.79 Å². The van der Waals surface area contributed by atoms with E-state index in [0.717, 1.165) is 36.4 Å². The molecule has 10 heteroatoms. The van der Waals surface area contributed by atoms with E-state index >= 15 is 0 Å². The molecule has 2 aromatic carbocycles. The molecule has 6 nitrogen and oxygen atoms in total. The number of hydrogen-bond donors (Lipinski definition) is 2. The van der Waals surface area contributed by atoms with Crippen LogP contribution < -0.4 is 0 Å². The van der Waals surface area contributed by atoms with E-state index in [-0.39, 0.29) is 11.1 Å². The maximum atomic E-state index is 13.3. The highest BCUT2D eigenvalue weighted by molar-refractivity contribution is 7.86. The normalized spacial score (nSPS) is 12.3. The first-order valence-electron chi connectivity index (χ1n) is 6.00. The van der Waals surface area contributed by atoms with Crippen LogP contribution in [0.3, 0.4) is 0 Å². The van der Waals surface area contributed by atoms with Gasteiger partial charge in [-0.15, -0.1) is 0 Å². The minimum atomic E-state index is -4.70. The predicted molar refractivity (Wildman–Crippen MR) is 75.2 cm³/mol. The van der Waals surface area contributed by atoms with E-state index in [9.17, 15) is 25.6 Å². The fourth-order valence-electron chi connectivity index (χ4n) is 2.08. The van der Waals surface area contributed by atoms with Crippen LogP contribution in [0.5, 0.6) is 0 Å². The summed E-state index contributed by atoms with van der Waals surface area (Å²) < 4.78 is 90.1. The van der Waals surface area contributed by atoms with E-state index in [1.807, 2.05) is 0 Å². The zero-order chi connectivity index (χ0) is 17.4. The number of rotatable bonds is 4. The first kappa shape index (κ1) is 17.5. The second kappa shape index (κ2) is 5.96. The third-order valence-electron chi connectivity index (χ3n) is 2.98. The second-order valence-corrected chi connectivity index (χ2v) is 7.41. The quantitative estimate of drug-likeness (QED) is 0.804. The fraction of sp³-hybridized carbons (Fsp3) is 0.0769. The van der Waals surface area contributed by atoms with Crippen molar-refractivity contribution in [3.63, 3.8) is 0 Å². The number of halogens is 2. The van der Waals surface area contributed by atoms with E-state index in [1.54, 1.807) is 0 Å².